The molecule has 0 unspecified atom stereocenters. The van der Waals surface area contributed by atoms with Gasteiger partial charge in [0.15, 0.2) is 0 Å². The largest absolute Gasteiger partial charge is 0.395 e. The number of halogens is 1. The topological polar surface area (TPSA) is 38.0 Å². The van der Waals surface area contributed by atoms with Crippen LogP contribution >= 0.6 is 11.6 Å². The van der Waals surface area contributed by atoms with Crippen LogP contribution in [0.2, 0.25) is 5.15 Å². The van der Waals surface area contributed by atoms with E-state index in [1.54, 1.807) is 4.68 Å². The van der Waals surface area contributed by atoms with Crippen molar-refractivity contribution in [2.75, 3.05) is 6.61 Å². The van der Waals surface area contributed by atoms with Gasteiger partial charge < -0.3 is 5.11 Å². The van der Waals surface area contributed by atoms with Gasteiger partial charge in [0, 0.05) is 18.0 Å². The minimum atomic E-state index is -0.0740. The van der Waals surface area contributed by atoms with Crippen LogP contribution in [0.5, 0.6) is 0 Å². The molecule has 0 atom stereocenters. The summed E-state index contributed by atoms with van der Waals surface area (Å²) in [5.41, 5.74) is 1.91. The Kier molecular flexibility index (Phi) is 1.89. The molecule has 3 nitrogen and oxygen atoms in total. The van der Waals surface area contributed by atoms with Gasteiger partial charge in [0.05, 0.1) is 12.3 Å². The van der Waals surface area contributed by atoms with Crippen LogP contribution in [-0.2, 0) is 12.5 Å². The number of hydrogen-bond donors (Lipinski definition) is 1. The molecule has 0 radical (unpaired) electrons. The van der Waals surface area contributed by atoms with Crippen molar-refractivity contribution in [3.8, 4) is 0 Å². The molecule has 72 valence electrons. The van der Waals surface area contributed by atoms with E-state index in [1.807, 2.05) is 14.0 Å². The monoisotopic (exact) mass is 200 g/mol. The summed E-state index contributed by atoms with van der Waals surface area (Å²) in [4.78, 5) is 0. The fourth-order valence-electron chi connectivity index (χ4n) is 1.87. The van der Waals surface area contributed by atoms with E-state index in [-0.39, 0.29) is 12.0 Å². The number of aryl methyl sites for hydroxylation is 2. The summed E-state index contributed by atoms with van der Waals surface area (Å²) in [7, 11) is 1.83. The number of nitrogens with zero attached hydrogens (tertiary/aromatic N) is 2. The summed E-state index contributed by atoms with van der Waals surface area (Å²) in [5.74, 6) is 0. The maximum absolute atomic E-state index is 9.27. The highest BCUT2D eigenvalue weighted by Crippen LogP contribution is 2.50. The average molecular weight is 201 g/mol. The lowest BCUT2D eigenvalue weighted by molar-refractivity contribution is 0.254. The Morgan fingerprint density at radius 2 is 2.23 bits per heavy atom. The van der Waals surface area contributed by atoms with Gasteiger partial charge in [0.2, 0.25) is 0 Å². The Morgan fingerprint density at radius 1 is 1.62 bits per heavy atom. The van der Waals surface area contributed by atoms with Crippen LogP contribution in [0.15, 0.2) is 0 Å². The second kappa shape index (κ2) is 2.72. The van der Waals surface area contributed by atoms with Gasteiger partial charge in [-0.2, -0.15) is 5.10 Å². The SMILES string of the molecule is Cc1nn(C)c(Cl)c1C1(CO)CC1. The maximum atomic E-state index is 9.27. The standard InChI is InChI=1S/C9H13ClN2O/c1-6-7(8(10)12(2)11-6)9(5-13)3-4-9/h13H,3-5H2,1-2H3. The van der Waals surface area contributed by atoms with Crippen LogP contribution in [-0.4, -0.2) is 21.5 Å². The molecule has 13 heavy (non-hydrogen) atoms. The van der Waals surface area contributed by atoms with Crippen LogP contribution in [0.4, 0.5) is 0 Å². The van der Waals surface area contributed by atoms with Gasteiger partial charge >= 0.3 is 0 Å². The zero-order valence-corrected chi connectivity index (χ0v) is 8.60. The molecule has 0 aromatic carbocycles. The van der Waals surface area contributed by atoms with Crippen molar-refractivity contribution in [3.05, 3.63) is 16.4 Å². The lowest BCUT2D eigenvalue weighted by atomic mass is 9.98. The zero-order valence-electron chi connectivity index (χ0n) is 7.84. The summed E-state index contributed by atoms with van der Waals surface area (Å²) < 4.78 is 1.67. The molecule has 1 fully saturated rings. The first kappa shape index (κ1) is 9.03. The lowest BCUT2D eigenvalue weighted by Crippen LogP contribution is -2.13. The number of aliphatic hydroxyl groups excluding tert-OH is 1. The van der Waals surface area contributed by atoms with E-state index in [1.165, 1.54) is 0 Å². The number of hydrogen-bond acceptors (Lipinski definition) is 2. The molecule has 0 bridgehead atoms. The minimum Gasteiger partial charge on any atom is -0.395 e. The maximum Gasteiger partial charge on any atom is 0.130 e. The van der Waals surface area contributed by atoms with E-state index in [4.69, 9.17) is 11.6 Å². The lowest BCUT2D eigenvalue weighted by Gasteiger charge is -2.10. The Hall–Kier alpha value is -0.540. The third kappa shape index (κ3) is 1.18. The van der Waals surface area contributed by atoms with Crippen LogP contribution in [0.1, 0.15) is 24.1 Å². The molecular weight excluding hydrogens is 188 g/mol. The van der Waals surface area contributed by atoms with Gasteiger partial charge in [-0.3, -0.25) is 4.68 Å². The number of rotatable bonds is 2. The van der Waals surface area contributed by atoms with Crippen molar-refractivity contribution in [2.24, 2.45) is 7.05 Å². The second-order valence-corrected chi connectivity index (χ2v) is 4.17. The van der Waals surface area contributed by atoms with Crippen LogP contribution in [0.3, 0.4) is 0 Å². The van der Waals surface area contributed by atoms with E-state index in [0.717, 1.165) is 24.1 Å². The van der Waals surface area contributed by atoms with Crippen molar-refractivity contribution in [1.82, 2.24) is 9.78 Å². The van der Waals surface area contributed by atoms with E-state index < -0.39 is 0 Å². The fraction of sp³-hybridized carbons (Fsp3) is 0.667. The molecule has 4 heteroatoms. The summed E-state index contributed by atoms with van der Waals surface area (Å²) in [6, 6.07) is 0. The van der Waals surface area contributed by atoms with Gasteiger partial charge in [-0.15, -0.1) is 0 Å². The molecule has 1 heterocycles. The van der Waals surface area contributed by atoms with Crippen LogP contribution in [0.25, 0.3) is 0 Å². The third-order valence-corrected chi connectivity index (χ3v) is 3.27. The fourth-order valence-corrected chi connectivity index (χ4v) is 2.25. The van der Waals surface area contributed by atoms with E-state index in [0.29, 0.717) is 5.15 Å². The molecule has 0 amide bonds. The van der Waals surface area contributed by atoms with Crippen molar-refractivity contribution >= 4 is 11.6 Å². The van der Waals surface area contributed by atoms with Crippen molar-refractivity contribution in [2.45, 2.75) is 25.2 Å². The molecule has 2 rings (SSSR count). The summed E-state index contributed by atoms with van der Waals surface area (Å²) in [5, 5.41) is 14.2. The molecule has 1 aromatic rings. The van der Waals surface area contributed by atoms with Crippen molar-refractivity contribution in [3.63, 3.8) is 0 Å². The molecule has 0 spiro atoms. The van der Waals surface area contributed by atoms with Crippen LogP contribution < -0.4 is 0 Å². The quantitative estimate of drug-likeness (QED) is 0.784. The third-order valence-electron chi connectivity index (χ3n) is 2.84. The second-order valence-electron chi connectivity index (χ2n) is 3.81. The Morgan fingerprint density at radius 3 is 2.54 bits per heavy atom. The number of aromatic nitrogens is 2. The molecule has 1 aliphatic rings. The number of aliphatic hydroxyl groups is 1. The highest BCUT2D eigenvalue weighted by molar-refractivity contribution is 6.30. The molecular formula is C9H13ClN2O. The van der Waals surface area contributed by atoms with Crippen molar-refractivity contribution in [1.29, 1.82) is 0 Å². The Bertz CT molecular complexity index is 342. The highest BCUT2D eigenvalue weighted by atomic mass is 35.5. The Labute approximate surface area is 82.3 Å². The first-order chi connectivity index (χ1) is 6.10. The van der Waals surface area contributed by atoms with Gasteiger partial charge in [0.25, 0.3) is 0 Å². The summed E-state index contributed by atoms with van der Waals surface area (Å²) in [6.07, 6.45) is 2.05. The summed E-state index contributed by atoms with van der Waals surface area (Å²) >= 11 is 6.11. The Balaban J connectivity index is 2.50. The molecule has 0 saturated heterocycles. The summed E-state index contributed by atoms with van der Waals surface area (Å²) in [6.45, 7) is 2.12. The smallest absolute Gasteiger partial charge is 0.130 e. The minimum absolute atomic E-state index is 0.0740. The van der Waals surface area contributed by atoms with Gasteiger partial charge in [0.1, 0.15) is 5.15 Å². The predicted molar refractivity (Wildman–Crippen MR) is 51.0 cm³/mol. The molecule has 1 saturated carbocycles. The first-order valence-electron chi connectivity index (χ1n) is 4.41. The molecule has 0 aliphatic heterocycles. The van der Waals surface area contributed by atoms with Crippen molar-refractivity contribution < 1.29 is 5.11 Å². The van der Waals surface area contributed by atoms with Crippen LogP contribution in [0, 0.1) is 6.92 Å². The molecule has 1 N–H and O–H groups in total. The van der Waals surface area contributed by atoms with E-state index in [9.17, 15) is 5.11 Å². The van der Waals surface area contributed by atoms with Gasteiger partial charge in [-0.25, -0.2) is 0 Å². The van der Waals surface area contributed by atoms with Gasteiger partial charge in [-0.05, 0) is 19.8 Å². The first-order valence-corrected chi connectivity index (χ1v) is 4.79. The average Bonchev–Trinajstić information content (AvgIpc) is 2.81. The molecule has 1 aromatic heterocycles. The predicted octanol–water partition coefficient (Wildman–Crippen LogP) is 1.41. The van der Waals surface area contributed by atoms with Gasteiger partial charge in [-0.1, -0.05) is 11.6 Å². The normalized spacial score (nSPS) is 19.1. The van der Waals surface area contributed by atoms with E-state index in [2.05, 4.69) is 5.10 Å². The van der Waals surface area contributed by atoms with E-state index >= 15 is 0 Å². The zero-order chi connectivity index (χ0) is 9.64. The highest BCUT2D eigenvalue weighted by Gasteiger charge is 2.47. The molecule has 1 aliphatic carbocycles.